The largest absolute Gasteiger partial charge is 0.493 e. The number of nitrogens with one attached hydrogen (secondary N) is 1. The summed E-state index contributed by atoms with van der Waals surface area (Å²) in [6.07, 6.45) is 3.54. The van der Waals surface area contributed by atoms with Crippen molar-refractivity contribution in [3.63, 3.8) is 0 Å². The van der Waals surface area contributed by atoms with Gasteiger partial charge in [-0.2, -0.15) is 0 Å². The molecule has 5 rings (SSSR count). The molecule has 1 N–H and O–H groups in total. The summed E-state index contributed by atoms with van der Waals surface area (Å²) in [5.41, 5.74) is 2.91. The molecule has 0 amide bonds. The highest BCUT2D eigenvalue weighted by atomic mass is 16.5. The van der Waals surface area contributed by atoms with Crippen LogP contribution in [-0.4, -0.2) is 66.9 Å². The molecule has 2 aromatic heterocycles. The minimum atomic E-state index is 0.0919. The topological polar surface area (TPSA) is 81.6 Å². The van der Waals surface area contributed by atoms with E-state index in [1.165, 1.54) is 0 Å². The lowest BCUT2D eigenvalue weighted by Crippen LogP contribution is -2.41. The molecule has 1 fully saturated rings. The number of nitrogens with zero attached hydrogens (tertiary/aromatic N) is 4. The van der Waals surface area contributed by atoms with Crippen molar-refractivity contribution < 1.29 is 14.2 Å². The Bertz CT molecular complexity index is 1280. The molecule has 1 saturated heterocycles. The molecule has 0 bridgehead atoms. The molecule has 0 spiro atoms. The van der Waals surface area contributed by atoms with Crippen LogP contribution in [0.4, 0.5) is 5.82 Å². The first kappa shape index (κ1) is 23.0. The third kappa shape index (κ3) is 5.03. The van der Waals surface area contributed by atoms with Crippen LogP contribution in [0.1, 0.15) is 11.6 Å². The van der Waals surface area contributed by atoms with E-state index < -0.39 is 0 Å². The molecular formula is C27H29N5O3. The number of aromatic nitrogens is 3. The summed E-state index contributed by atoms with van der Waals surface area (Å²) in [4.78, 5) is 16.3. The lowest BCUT2D eigenvalue weighted by molar-refractivity contribution is 0.0186. The van der Waals surface area contributed by atoms with Crippen molar-refractivity contribution in [1.82, 2.24) is 19.9 Å². The lowest BCUT2D eigenvalue weighted by Gasteiger charge is -2.35. The van der Waals surface area contributed by atoms with E-state index >= 15 is 0 Å². The van der Waals surface area contributed by atoms with Crippen LogP contribution in [0, 0.1) is 0 Å². The van der Waals surface area contributed by atoms with Crippen molar-refractivity contribution in [3.05, 3.63) is 72.6 Å². The molecule has 0 radical (unpaired) electrons. The van der Waals surface area contributed by atoms with Gasteiger partial charge >= 0.3 is 0 Å². The fraction of sp³-hybridized carbons (Fsp3) is 0.296. The molecule has 8 heteroatoms. The van der Waals surface area contributed by atoms with E-state index in [1.807, 2.05) is 42.5 Å². The number of anilines is 1. The highest BCUT2D eigenvalue weighted by molar-refractivity contribution is 5.90. The number of fused-ring (bicyclic) bond motifs is 1. The van der Waals surface area contributed by atoms with Gasteiger partial charge in [-0.1, -0.05) is 18.2 Å². The molecule has 1 aliphatic rings. The molecule has 3 heterocycles. The van der Waals surface area contributed by atoms with Gasteiger partial charge in [0, 0.05) is 43.0 Å². The quantitative estimate of drug-likeness (QED) is 0.410. The van der Waals surface area contributed by atoms with Gasteiger partial charge in [0.15, 0.2) is 17.3 Å². The predicted octanol–water partition coefficient (Wildman–Crippen LogP) is 4.19. The summed E-state index contributed by atoms with van der Waals surface area (Å²) < 4.78 is 16.7. The third-order valence-corrected chi connectivity index (χ3v) is 6.26. The van der Waals surface area contributed by atoms with Crippen molar-refractivity contribution in [1.29, 1.82) is 0 Å². The van der Waals surface area contributed by atoms with Crippen molar-refractivity contribution in [2.45, 2.75) is 6.04 Å². The minimum Gasteiger partial charge on any atom is -0.493 e. The first-order valence-electron chi connectivity index (χ1n) is 11.7. The van der Waals surface area contributed by atoms with Gasteiger partial charge in [-0.3, -0.25) is 9.88 Å². The maximum Gasteiger partial charge on any atom is 0.163 e. The van der Waals surface area contributed by atoms with Crippen LogP contribution in [0.5, 0.6) is 11.5 Å². The van der Waals surface area contributed by atoms with Crippen LogP contribution < -0.4 is 14.8 Å². The van der Waals surface area contributed by atoms with Crippen LogP contribution in [0.2, 0.25) is 0 Å². The molecule has 0 aliphatic carbocycles. The van der Waals surface area contributed by atoms with E-state index in [1.54, 1.807) is 26.6 Å². The van der Waals surface area contributed by atoms with Crippen LogP contribution in [0.3, 0.4) is 0 Å². The van der Waals surface area contributed by atoms with Crippen molar-refractivity contribution in [3.8, 4) is 22.9 Å². The summed E-state index contributed by atoms with van der Waals surface area (Å²) >= 11 is 0. The number of para-hydroxylation sites is 1. The number of hydrogen-bond acceptors (Lipinski definition) is 8. The molecule has 2 aromatic carbocycles. The minimum absolute atomic E-state index is 0.0919. The van der Waals surface area contributed by atoms with Gasteiger partial charge in [0.1, 0.15) is 5.82 Å². The van der Waals surface area contributed by atoms with Gasteiger partial charge in [-0.25, -0.2) is 9.97 Å². The SMILES string of the molecule is COc1ccc([C@H](CNc2nc(-c3cccnc3)nc3ccccc23)N2CCOCC2)cc1OC. The Hall–Kier alpha value is -3.75. The number of benzene rings is 2. The van der Waals surface area contributed by atoms with E-state index in [-0.39, 0.29) is 6.04 Å². The lowest BCUT2D eigenvalue weighted by atomic mass is 10.0. The van der Waals surface area contributed by atoms with Gasteiger partial charge in [0.2, 0.25) is 0 Å². The van der Waals surface area contributed by atoms with Crippen LogP contribution in [-0.2, 0) is 4.74 Å². The normalized spacial score (nSPS) is 15.0. The Morgan fingerprint density at radius 1 is 0.971 bits per heavy atom. The van der Waals surface area contributed by atoms with E-state index in [0.29, 0.717) is 31.3 Å². The molecule has 0 unspecified atom stereocenters. The van der Waals surface area contributed by atoms with Gasteiger partial charge < -0.3 is 19.5 Å². The highest BCUT2D eigenvalue weighted by Gasteiger charge is 2.24. The maximum atomic E-state index is 5.62. The smallest absolute Gasteiger partial charge is 0.163 e. The second-order valence-electron chi connectivity index (χ2n) is 8.31. The average molecular weight is 472 g/mol. The number of methoxy groups -OCH3 is 2. The van der Waals surface area contributed by atoms with E-state index in [9.17, 15) is 0 Å². The zero-order chi connectivity index (χ0) is 24.0. The number of pyridine rings is 1. The second-order valence-corrected chi connectivity index (χ2v) is 8.31. The molecule has 35 heavy (non-hydrogen) atoms. The molecular weight excluding hydrogens is 442 g/mol. The van der Waals surface area contributed by atoms with E-state index in [0.717, 1.165) is 46.7 Å². The molecule has 8 nitrogen and oxygen atoms in total. The van der Waals surface area contributed by atoms with Gasteiger partial charge in [-0.05, 0) is 42.0 Å². The monoisotopic (exact) mass is 471 g/mol. The van der Waals surface area contributed by atoms with E-state index in [2.05, 4.69) is 27.3 Å². The molecule has 1 atom stereocenters. The van der Waals surface area contributed by atoms with Crippen LogP contribution in [0.15, 0.2) is 67.0 Å². The van der Waals surface area contributed by atoms with E-state index in [4.69, 9.17) is 24.2 Å². The van der Waals surface area contributed by atoms with Gasteiger partial charge in [0.25, 0.3) is 0 Å². The number of hydrogen-bond donors (Lipinski definition) is 1. The van der Waals surface area contributed by atoms with Crippen molar-refractivity contribution in [2.75, 3.05) is 52.4 Å². The zero-order valence-corrected chi connectivity index (χ0v) is 20.0. The third-order valence-electron chi connectivity index (χ3n) is 6.26. The summed E-state index contributed by atoms with van der Waals surface area (Å²) in [5.74, 6) is 2.88. The molecule has 1 aliphatic heterocycles. The summed E-state index contributed by atoms with van der Waals surface area (Å²) in [6, 6.07) is 18.1. The van der Waals surface area contributed by atoms with Crippen molar-refractivity contribution >= 4 is 16.7 Å². The molecule has 0 saturated carbocycles. The Kier molecular flexibility index (Phi) is 7.02. The predicted molar refractivity (Wildman–Crippen MR) is 136 cm³/mol. The standard InChI is InChI=1S/C27H29N5O3/c1-33-24-10-9-19(16-25(24)34-2)23(32-12-14-35-15-13-32)18-29-27-21-7-3-4-8-22(21)30-26(31-27)20-6-5-11-28-17-20/h3-11,16-17,23H,12-15,18H2,1-2H3,(H,29,30,31)/t23-/m0/s1. The Morgan fingerprint density at radius 2 is 1.80 bits per heavy atom. The number of morpholine rings is 1. The average Bonchev–Trinajstić information content (AvgIpc) is 2.94. The summed E-state index contributed by atoms with van der Waals surface area (Å²) in [6.45, 7) is 3.79. The Balaban J connectivity index is 1.49. The number of ether oxygens (including phenoxy) is 3. The molecule has 4 aromatic rings. The van der Waals surface area contributed by atoms with Crippen molar-refractivity contribution in [2.24, 2.45) is 0 Å². The first-order valence-corrected chi connectivity index (χ1v) is 11.7. The fourth-order valence-electron chi connectivity index (χ4n) is 4.44. The summed E-state index contributed by atoms with van der Waals surface area (Å²) in [5, 5.41) is 4.61. The number of rotatable bonds is 8. The molecule has 180 valence electrons. The summed E-state index contributed by atoms with van der Waals surface area (Å²) in [7, 11) is 3.31. The highest BCUT2D eigenvalue weighted by Crippen LogP contribution is 2.33. The second kappa shape index (κ2) is 10.7. The van der Waals surface area contributed by atoms with Crippen LogP contribution >= 0.6 is 0 Å². The van der Waals surface area contributed by atoms with Crippen LogP contribution in [0.25, 0.3) is 22.3 Å². The Labute approximate surface area is 204 Å². The zero-order valence-electron chi connectivity index (χ0n) is 20.0. The fourth-order valence-corrected chi connectivity index (χ4v) is 4.44. The van der Waals surface area contributed by atoms with Gasteiger partial charge in [0.05, 0.1) is 39.0 Å². The Morgan fingerprint density at radius 3 is 2.57 bits per heavy atom. The maximum absolute atomic E-state index is 5.62. The first-order chi connectivity index (χ1) is 17.3. The van der Waals surface area contributed by atoms with Gasteiger partial charge in [-0.15, -0.1) is 0 Å².